The number of amides is 3. The predicted octanol–water partition coefficient (Wildman–Crippen LogP) is 3.36. The van der Waals surface area contributed by atoms with Gasteiger partial charge in [-0.05, 0) is 50.8 Å². The zero-order chi connectivity index (χ0) is 23.8. The van der Waals surface area contributed by atoms with Crippen molar-refractivity contribution in [2.45, 2.75) is 72.1 Å². The van der Waals surface area contributed by atoms with Gasteiger partial charge in [-0.3, -0.25) is 9.59 Å². The van der Waals surface area contributed by atoms with Crippen LogP contribution in [0.25, 0.3) is 0 Å². The van der Waals surface area contributed by atoms with Crippen molar-refractivity contribution in [3.05, 3.63) is 29.8 Å². The van der Waals surface area contributed by atoms with Crippen molar-refractivity contribution in [3.8, 4) is 5.75 Å². The molecule has 0 aliphatic carbocycles. The van der Waals surface area contributed by atoms with Gasteiger partial charge in [0.15, 0.2) is 0 Å². The summed E-state index contributed by atoms with van der Waals surface area (Å²) in [7, 11) is 1.52. The Morgan fingerprint density at radius 1 is 1.19 bits per heavy atom. The number of alkyl carbamates (subject to hydrolysis) is 1. The second kappa shape index (κ2) is 11.6. The number of benzene rings is 1. The molecule has 0 spiro atoms. The minimum absolute atomic E-state index is 0.00278. The maximum Gasteiger partial charge on any atom is 0.408 e. The van der Waals surface area contributed by atoms with E-state index in [0.29, 0.717) is 12.1 Å². The summed E-state index contributed by atoms with van der Waals surface area (Å²) in [6.45, 7) is 11.3. The summed E-state index contributed by atoms with van der Waals surface area (Å²) in [5.74, 6) is -1.03. The number of nitrogens with one attached hydrogen (secondary N) is 2. The molecule has 2 atom stereocenters. The maximum absolute atomic E-state index is 13.3. The molecule has 0 fully saturated rings. The van der Waals surface area contributed by atoms with Gasteiger partial charge < -0.3 is 25.4 Å². The third-order valence-corrected chi connectivity index (χ3v) is 4.60. The molecule has 1 aromatic rings. The molecule has 0 heterocycles. The van der Waals surface area contributed by atoms with Crippen LogP contribution in [0.5, 0.6) is 5.75 Å². The Kier molecular flexibility index (Phi) is 9.81. The van der Waals surface area contributed by atoms with E-state index in [1.54, 1.807) is 46.8 Å². The Hall–Kier alpha value is -2.77. The van der Waals surface area contributed by atoms with Crippen molar-refractivity contribution in [3.63, 3.8) is 0 Å². The fraction of sp³-hybridized carbons (Fsp3) is 0.609. The maximum atomic E-state index is 13.3. The van der Waals surface area contributed by atoms with Crippen LogP contribution in [-0.4, -0.2) is 53.1 Å². The molecule has 174 valence electrons. The number of nitrogens with zero attached hydrogens (tertiary/aromatic N) is 1. The summed E-state index contributed by atoms with van der Waals surface area (Å²) in [5, 5.41) is 15.4. The van der Waals surface area contributed by atoms with Crippen LogP contribution in [0.3, 0.4) is 0 Å². The minimum Gasteiger partial charge on any atom is -0.508 e. The lowest BCUT2D eigenvalue weighted by atomic mass is 9.99. The standard InChI is InChI=1S/C23H37N3O5/c1-8-9-13-24-20(28)19(16-11-10-12-17(27)14-16)26(7)21(29)18(15(2)3)25-22(30)31-23(4,5)6/h10-12,14-15,18-19,27H,8-9,13H2,1-7H3,(H,24,28)(H,25,30). The molecule has 1 aromatic carbocycles. The highest BCUT2D eigenvalue weighted by Crippen LogP contribution is 2.25. The number of rotatable bonds is 9. The monoisotopic (exact) mass is 435 g/mol. The third-order valence-electron chi connectivity index (χ3n) is 4.60. The van der Waals surface area contributed by atoms with E-state index in [2.05, 4.69) is 10.6 Å². The van der Waals surface area contributed by atoms with Gasteiger partial charge in [-0.2, -0.15) is 0 Å². The lowest BCUT2D eigenvalue weighted by molar-refractivity contribution is -0.141. The molecular weight excluding hydrogens is 398 g/mol. The first-order chi connectivity index (χ1) is 14.4. The molecular formula is C23H37N3O5. The van der Waals surface area contributed by atoms with Crippen LogP contribution in [0.15, 0.2) is 24.3 Å². The molecule has 31 heavy (non-hydrogen) atoms. The van der Waals surface area contributed by atoms with Gasteiger partial charge in [0.1, 0.15) is 23.4 Å². The van der Waals surface area contributed by atoms with Crippen molar-refractivity contribution in [2.24, 2.45) is 5.92 Å². The number of carbonyl (C=O) groups is 3. The van der Waals surface area contributed by atoms with Gasteiger partial charge in [-0.15, -0.1) is 0 Å². The lowest BCUT2D eigenvalue weighted by Gasteiger charge is -2.33. The largest absolute Gasteiger partial charge is 0.508 e. The highest BCUT2D eigenvalue weighted by molar-refractivity contribution is 5.92. The smallest absolute Gasteiger partial charge is 0.408 e. The van der Waals surface area contributed by atoms with Crippen LogP contribution in [0.1, 0.15) is 66.0 Å². The molecule has 3 amide bonds. The lowest BCUT2D eigenvalue weighted by Crippen LogP contribution is -2.53. The molecule has 2 unspecified atom stereocenters. The Labute approximate surface area is 185 Å². The van der Waals surface area contributed by atoms with Crippen molar-refractivity contribution in [2.75, 3.05) is 13.6 Å². The minimum atomic E-state index is -0.960. The van der Waals surface area contributed by atoms with E-state index < -0.39 is 29.7 Å². The average molecular weight is 436 g/mol. The number of carbonyl (C=O) groups excluding carboxylic acids is 3. The summed E-state index contributed by atoms with van der Waals surface area (Å²) in [6.07, 6.45) is 1.03. The topological polar surface area (TPSA) is 108 Å². The van der Waals surface area contributed by atoms with E-state index in [1.165, 1.54) is 24.1 Å². The van der Waals surface area contributed by atoms with E-state index >= 15 is 0 Å². The van der Waals surface area contributed by atoms with E-state index in [9.17, 15) is 19.5 Å². The first-order valence-corrected chi connectivity index (χ1v) is 10.7. The van der Waals surface area contributed by atoms with E-state index in [4.69, 9.17) is 4.74 Å². The van der Waals surface area contributed by atoms with Gasteiger partial charge in [0.25, 0.3) is 0 Å². The Balaban J connectivity index is 3.16. The summed E-state index contributed by atoms with van der Waals surface area (Å²) < 4.78 is 5.29. The number of unbranched alkanes of at least 4 members (excludes halogenated alkanes) is 1. The van der Waals surface area contributed by atoms with Crippen LogP contribution in [-0.2, 0) is 14.3 Å². The number of hydrogen-bond donors (Lipinski definition) is 3. The van der Waals surface area contributed by atoms with Crippen LogP contribution >= 0.6 is 0 Å². The Bertz CT molecular complexity index is 758. The normalized spacial score (nSPS) is 13.3. The van der Waals surface area contributed by atoms with E-state index in [-0.39, 0.29) is 17.6 Å². The second-order valence-corrected chi connectivity index (χ2v) is 8.96. The summed E-state index contributed by atoms with van der Waals surface area (Å²) >= 11 is 0. The van der Waals surface area contributed by atoms with E-state index in [1.807, 2.05) is 6.92 Å². The zero-order valence-electron chi connectivity index (χ0n) is 19.7. The summed E-state index contributed by atoms with van der Waals surface area (Å²) in [6, 6.07) is 4.41. The van der Waals surface area contributed by atoms with Crippen LogP contribution in [0, 0.1) is 5.92 Å². The van der Waals surface area contributed by atoms with Crippen molar-refractivity contribution in [1.82, 2.24) is 15.5 Å². The quantitative estimate of drug-likeness (QED) is 0.516. The second-order valence-electron chi connectivity index (χ2n) is 8.96. The number of phenols is 1. The molecule has 8 heteroatoms. The first-order valence-electron chi connectivity index (χ1n) is 10.7. The molecule has 0 aliphatic rings. The van der Waals surface area contributed by atoms with Gasteiger partial charge in [0.2, 0.25) is 11.8 Å². The summed E-state index contributed by atoms with van der Waals surface area (Å²) in [5.41, 5.74) is -0.228. The fourth-order valence-electron chi connectivity index (χ4n) is 3.03. The van der Waals surface area contributed by atoms with Crippen molar-refractivity contribution >= 4 is 17.9 Å². The van der Waals surface area contributed by atoms with Gasteiger partial charge in [0, 0.05) is 13.6 Å². The predicted molar refractivity (Wildman–Crippen MR) is 120 cm³/mol. The van der Waals surface area contributed by atoms with Gasteiger partial charge in [0.05, 0.1) is 0 Å². The number of phenolic OH excluding ortho intramolecular Hbond substituents is 1. The number of hydrogen-bond acceptors (Lipinski definition) is 5. The molecule has 1 rings (SSSR count). The number of ether oxygens (including phenoxy) is 1. The molecule has 8 nitrogen and oxygen atoms in total. The molecule has 0 bridgehead atoms. The molecule has 3 N–H and O–H groups in total. The molecule has 0 aliphatic heterocycles. The summed E-state index contributed by atoms with van der Waals surface area (Å²) in [4.78, 5) is 39.9. The zero-order valence-corrected chi connectivity index (χ0v) is 19.7. The van der Waals surface area contributed by atoms with Crippen LogP contribution < -0.4 is 10.6 Å². The molecule has 0 aromatic heterocycles. The SMILES string of the molecule is CCCCNC(=O)C(c1cccc(O)c1)N(C)C(=O)C(NC(=O)OC(C)(C)C)C(C)C. The Morgan fingerprint density at radius 2 is 1.84 bits per heavy atom. The molecule has 0 saturated carbocycles. The molecule has 0 saturated heterocycles. The fourth-order valence-corrected chi connectivity index (χ4v) is 3.03. The van der Waals surface area contributed by atoms with Crippen LogP contribution in [0.2, 0.25) is 0 Å². The van der Waals surface area contributed by atoms with Crippen molar-refractivity contribution < 1.29 is 24.2 Å². The number of aromatic hydroxyl groups is 1. The van der Waals surface area contributed by atoms with Gasteiger partial charge >= 0.3 is 6.09 Å². The average Bonchev–Trinajstić information content (AvgIpc) is 2.64. The van der Waals surface area contributed by atoms with Crippen LogP contribution in [0.4, 0.5) is 4.79 Å². The number of likely N-dealkylation sites (N-methyl/N-ethyl adjacent to an activating group) is 1. The van der Waals surface area contributed by atoms with Gasteiger partial charge in [-0.25, -0.2) is 4.79 Å². The van der Waals surface area contributed by atoms with E-state index in [0.717, 1.165) is 12.8 Å². The highest BCUT2D eigenvalue weighted by Gasteiger charge is 2.35. The third kappa shape index (κ3) is 8.47. The first kappa shape index (κ1) is 26.3. The van der Waals surface area contributed by atoms with Gasteiger partial charge in [-0.1, -0.05) is 39.3 Å². The van der Waals surface area contributed by atoms with Crippen molar-refractivity contribution in [1.29, 1.82) is 0 Å². The Morgan fingerprint density at radius 3 is 2.35 bits per heavy atom. The molecule has 0 radical (unpaired) electrons. The highest BCUT2D eigenvalue weighted by atomic mass is 16.6.